The van der Waals surface area contributed by atoms with Crippen LogP contribution in [0.15, 0.2) is 17.6 Å². The van der Waals surface area contributed by atoms with Crippen LogP contribution in [0, 0.1) is 0 Å². The van der Waals surface area contributed by atoms with Crippen molar-refractivity contribution in [1.29, 1.82) is 0 Å². The molecule has 114 valence electrons. The molecule has 0 rings (SSSR count). The van der Waals surface area contributed by atoms with E-state index in [0.717, 1.165) is 25.5 Å². The van der Waals surface area contributed by atoms with Crippen molar-refractivity contribution in [3.05, 3.63) is 12.7 Å². The number of unbranched alkanes of at least 4 members (excludes halogenated alkanes) is 3. The molecule has 3 nitrogen and oxygen atoms in total. The number of guanidine groups is 1. The molecule has 1 N–H and O–H groups in total. The summed E-state index contributed by atoms with van der Waals surface area (Å²) in [6.45, 7) is 5.82. The SMILES string of the molecule is C=CCCCCCN(C)C(=NC)NCCCSC.I. The fraction of sp³-hybridized carbons (Fsp3) is 0.786. The van der Waals surface area contributed by atoms with Gasteiger partial charge in [-0.05, 0) is 37.7 Å². The van der Waals surface area contributed by atoms with Crippen LogP contribution in [0.2, 0.25) is 0 Å². The van der Waals surface area contributed by atoms with Crippen molar-refractivity contribution in [3.63, 3.8) is 0 Å². The lowest BCUT2D eigenvalue weighted by molar-refractivity contribution is 0.455. The Balaban J connectivity index is 0. The highest BCUT2D eigenvalue weighted by Gasteiger charge is 2.04. The number of allylic oxidation sites excluding steroid dienone is 1. The first-order valence-corrected chi connectivity index (χ1v) is 8.17. The highest BCUT2D eigenvalue weighted by atomic mass is 127. The van der Waals surface area contributed by atoms with E-state index in [2.05, 4.69) is 35.1 Å². The summed E-state index contributed by atoms with van der Waals surface area (Å²) in [4.78, 5) is 6.52. The topological polar surface area (TPSA) is 27.6 Å². The monoisotopic (exact) mass is 399 g/mol. The number of aliphatic imine (C=N–C) groups is 1. The number of hydrogen-bond donors (Lipinski definition) is 1. The van der Waals surface area contributed by atoms with E-state index in [1.54, 1.807) is 0 Å². The van der Waals surface area contributed by atoms with Gasteiger partial charge >= 0.3 is 0 Å². The van der Waals surface area contributed by atoms with Gasteiger partial charge in [-0.2, -0.15) is 11.8 Å². The lowest BCUT2D eigenvalue weighted by atomic mass is 10.2. The molecule has 0 fully saturated rings. The van der Waals surface area contributed by atoms with Gasteiger partial charge in [0.15, 0.2) is 5.96 Å². The first kappa shape index (κ1) is 21.4. The quantitative estimate of drug-likeness (QED) is 0.200. The third-order valence-corrected chi connectivity index (χ3v) is 3.48. The van der Waals surface area contributed by atoms with Gasteiger partial charge < -0.3 is 10.2 Å². The number of thioether (sulfide) groups is 1. The Labute approximate surface area is 140 Å². The summed E-state index contributed by atoms with van der Waals surface area (Å²) in [6, 6.07) is 0. The highest BCUT2D eigenvalue weighted by molar-refractivity contribution is 14.0. The maximum absolute atomic E-state index is 4.31. The molecule has 0 amide bonds. The van der Waals surface area contributed by atoms with E-state index in [9.17, 15) is 0 Å². The van der Waals surface area contributed by atoms with Gasteiger partial charge in [-0.1, -0.05) is 12.5 Å². The molecule has 0 aromatic carbocycles. The van der Waals surface area contributed by atoms with E-state index in [1.807, 2.05) is 24.9 Å². The first-order chi connectivity index (χ1) is 8.76. The zero-order valence-electron chi connectivity index (χ0n) is 12.7. The van der Waals surface area contributed by atoms with E-state index in [0.29, 0.717) is 0 Å². The fourth-order valence-corrected chi connectivity index (χ4v) is 2.15. The van der Waals surface area contributed by atoms with Crippen molar-refractivity contribution in [2.75, 3.05) is 39.2 Å². The van der Waals surface area contributed by atoms with Gasteiger partial charge in [0.05, 0.1) is 0 Å². The summed E-state index contributed by atoms with van der Waals surface area (Å²) in [6.07, 6.45) is 10.2. The zero-order chi connectivity index (χ0) is 13.6. The molecule has 0 atom stereocenters. The number of rotatable bonds is 10. The van der Waals surface area contributed by atoms with E-state index >= 15 is 0 Å². The maximum atomic E-state index is 4.31. The summed E-state index contributed by atoms with van der Waals surface area (Å²) >= 11 is 1.89. The summed E-state index contributed by atoms with van der Waals surface area (Å²) in [7, 11) is 3.96. The van der Waals surface area contributed by atoms with Crippen LogP contribution < -0.4 is 5.32 Å². The smallest absolute Gasteiger partial charge is 0.193 e. The van der Waals surface area contributed by atoms with Crippen LogP contribution >= 0.6 is 35.7 Å². The van der Waals surface area contributed by atoms with Crippen molar-refractivity contribution >= 4 is 41.7 Å². The second kappa shape index (κ2) is 16.1. The minimum absolute atomic E-state index is 0. The van der Waals surface area contributed by atoms with Gasteiger partial charge in [-0.25, -0.2) is 0 Å². The van der Waals surface area contributed by atoms with Crippen molar-refractivity contribution < 1.29 is 0 Å². The van der Waals surface area contributed by atoms with Gasteiger partial charge in [0, 0.05) is 27.2 Å². The minimum atomic E-state index is 0. The van der Waals surface area contributed by atoms with Crippen molar-refractivity contribution in [2.45, 2.75) is 32.1 Å². The predicted molar refractivity (Wildman–Crippen MR) is 101 cm³/mol. The van der Waals surface area contributed by atoms with Crippen LogP contribution in [-0.2, 0) is 0 Å². The maximum Gasteiger partial charge on any atom is 0.193 e. The summed E-state index contributed by atoms with van der Waals surface area (Å²) in [5, 5.41) is 3.40. The van der Waals surface area contributed by atoms with Crippen LogP contribution in [0.4, 0.5) is 0 Å². The molecule has 0 aliphatic rings. The number of hydrogen-bond acceptors (Lipinski definition) is 2. The van der Waals surface area contributed by atoms with Crippen molar-refractivity contribution in [3.8, 4) is 0 Å². The van der Waals surface area contributed by atoms with E-state index in [1.165, 1.54) is 31.4 Å². The molecule has 0 aliphatic heterocycles. The standard InChI is InChI=1S/C14H29N3S.HI/c1-5-6-7-8-9-12-17(3)14(15-2)16-11-10-13-18-4;/h5H,1,6-13H2,2-4H3,(H,15,16);1H. The Kier molecular flexibility index (Phi) is 18.2. The summed E-state index contributed by atoms with van der Waals surface area (Å²) < 4.78 is 0. The molecule has 0 unspecified atom stereocenters. The third-order valence-electron chi connectivity index (χ3n) is 2.78. The van der Waals surface area contributed by atoms with Crippen LogP contribution in [0.5, 0.6) is 0 Å². The third kappa shape index (κ3) is 12.9. The molecule has 0 saturated heterocycles. The summed E-state index contributed by atoms with van der Waals surface area (Å²) in [5.41, 5.74) is 0. The van der Waals surface area contributed by atoms with Crippen molar-refractivity contribution in [1.82, 2.24) is 10.2 Å². The first-order valence-electron chi connectivity index (χ1n) is 6.77. The van der Waals surface area contributed by atoms with Crippen molar-refractivity contribution in [2.24, 2.45) is 4.99 Å². The molecule has 0 aromatic heterocycles. The molecular weight excluding hydrogens is 369 g/mol. The molecular formula is C14H30IN3S. The van der Waals surface area contributed by atoms with Crippen LogP contribution in [0.3, 0.4) is 0 Å². The second-order valence-corrected chi connectivity index (χ2v) is 5.37. The van der Waals surface area contributed by atoms with Gasteiger partial charge in [0.2, 0.25) is 0 Å². The predicted octanol–water partition coefficient (Wildman–Crippen LogP) is 3.61. The van der Waals surface area contributed by atoms with Crippen LogP contribution in [-0.4, -0.2) is 50.1 Å². The Bertz CT molecular complexity index is 235. The van der Waals surface area contributed by atoms with Gasteiger partial charge in [0.25, 0.3) is 0 Å². The Hall–Kier alpha value is 0.0900. The molecule has 0 saturated carbocycles. The minimum Gasteiger partial charge on any atom is -0.356 e. The van der Waals surface area contributed by atoms with Crippen LogP contribution in [0.1, 0.15) is 32.1 Å². The molecule has 5 heteroatoms. The fourth-order valence-electron chi connectivity index (χ4n) is 1.72. The second-order valence-electron chi connectivity index (χ2n) is 4.38. The van der Waals surface area contributed by atoms with Gasteiger partial charge in [-0.15, -0.1) is 30.6 Å². The molecule has 0 aliphatic carbocycles. The van der Waals surface area contributed by atoms with Gasteiger partial charge in [0.1, 0.15) is 0 Å². The summed E-state index contributed by atoms with van der Waals surface area (Å²) in [5.74, 6) is 2.22. The Morgan fingerprint density at radius 3 is 2.63 bits per heavy atom. The molecule has 0 aromatic rings. The lowest BCUT2D eigenvalue weighted by Gasteiger charge is -2.22. The van der Waals surface area contributed by atoms with E-state index < -0.39 is 0 Å². The molecule has 0 radical (unpaired) electrons. The molecule has 0 bridgehead atoms. The molecule has 0 spiro atoms. The van der Waals surface area contributed by atoms with Gasteiger partial charge in [-0.3, -0.25) is 4.99 Å². The number of nitrogens with zero attached hydrogens (tertiary/aromatic N) is 2. The molecule has 19 heavy (non-hydrogen) atoms. The Morgan fingerprint density at radius 2 is 2.05 bits per heavy atom. The lowest BCUT2D eigenvalue weighted by Crippen LogP contribution is -2.39. The number of nitrogens with one attached hydrogen (secondary N) is 1. The molecule has 0 heterocycles. The van der Waals surface area contributed by atoms with Crippen LogP contribution in [0.25, 0.3) is 0 Å². The zero-order valence-corrected chi connectivity index (χ0v) is 15.8. The average molecular weight is 399 g/mol. The van der Waals surface area contributed by atoms with E-state index in [-0.39, 0.29) is 24.0 Å². The average Bonchev–Trinajstić information content (AvgIpc) is 2.38. The van der Waals surface area contributed by atoms with E-state index in [4.69, 9.17) is 0 Å². The number of halogens is 1. The largest absolute Gasteiger partial charge is 0.356 e. The normalized spacial score (nSPS) is 10.8. The Morgan fingerprint density at radius 1 is 1.32 bits per heavy atom. The highest BCUT2D eigenvalue weighted by Crippen LogP contribution is 2.01.